The van der Waals surface area contributed by atoms with Crippen LogP contribution in [0.5, 0.6) is 0 Å². The van der Waals surface area contributed by atoms with Gasteiger partial charge in [0.25, 0.3) is 0 Å². The van der Waals surface area contributed by atoms with Crippen LogP contribution in [0.25, 0.3) is 0 Å². The van der Waals surface area contributed by atoms with E-state index in [0.717, 1.165) is 26.0 Å². The standard InChI is InChI=1S/C15H29N3OSi/c1-4-5-11-20(2,3)19-10-9-18-15-8-6-7-14(16)13(15)12-17-18/h12,14H,4-11,16H2,1-3H3. The molecule has 2 rings (SSSR count). The highest BCUT2D eigenvalue weighted by molar-refractivity contribution is 6.71. The van der Waals surface area contributed by atoms with Gasteiger partial charge in [0.2, 0.25) is 0 Å². The molecule has 0 saturated heterocycles. The second kappa shape index (κ2) is 6.87. The van der Waals surface area contributed by atoms with Crippen molar-refractivity contribution in [1.29, 1.82) is 0 Å². The van der Waals surface area contributed by atoms with E-state index in [1.165, 1.54) is 36.6 Å². The first kappa shape index (κ1) is 15.7. The molecular weight excluding hydrogens is 266 g/mol. The zero-order valence-corrected chi connectivity index (χ0v) is 14.2. The summed E-state index contributed by atoms with van der Waals surface area (Å²) < 4.78 is 8.28. The van der Waals surface area contributed by atoms with Gasteiger partial charge in [-0.15, -0.1) is 0 Å². The van der Waals surface area contributed by atoms with E-state index in [1.807, 2.05) is 6.20 Å². The normalized spacial score (nSPS) is 19.1. The number of aromatic nitrogens is 2. The third-order valence-electron chi connectivity index (χ3n) is 4.24. The van der Waals surface area contributed by atoms with Gasteiger partial charge in [-0.3, -0.25) is 4.68 Å². The fraction of sp³-hybridized carbons (Fsp3) is 0.800. The summed E-state index contributed by atoms with van der Waals surface area (Å²) in [5, 5.41) is 4.50. The SMILES string of the molecule is CCCC[Si](C)(C)OCCn1ncc2c1CCCC2N. The highest BCUT2D eigenvalue weighted by Crippen LogP contribution is 2.27. The molecule has 0 spiro atoms. The van der Waals surface area contributed by atoms with Crippen LogP contribution in [0.3, 0.4) is 0 Å². The third kappa shape index (κ3) is 3.93. The molecule has 0 aromatic carbocycles. The fourth-order valence-electron chi connectivity index (χ4n) is 2.93. The van der Waals surface area contributed by atoms with Crippen LogP contribution in [0.4, 0.5) is 0 Å². The summed E-state index contributed by atoms with van der Waals surface area (Å²) in [7, 11) is -1.47. The number of rotatable bonds is 7. The number of hydrogen-bond acceptors (Lipinski definition) is 3. The van der Waals surface area contributed by atoms with Gasteiger partial charge < -0.3 is 10.2 Å². The number of nitrogens with zero attached hydrogens (tertiary/aromatic N) is 2. The van der Waals surface area contributed by atoms with Gasteiger partial charge in [0.15, 0.2) is 8.32 Å². The van der Waals surface area contributed by atoms with E-state index in [2.05, 4.69) is 29.8 Å². The summed E-state index contributed by atoms with van der Waals surface area (Å²) in [4.78, 5) is 0. The Morgan fingerprint density at radius 3 is 3.05 bits per heavy atom. The lowest BCUT2D eigenvalue weighted by atomic mass is 9.94. The Balaban J connectivity index is 1.86. The van der Waals surface area contributed by atoms with Crippen molar-refractivity contribution in [2.75, 3.05) is 6.61 Å². The first-order chi connectivity index (χ1) is 9.53. The molecule has 2 N–H and O–H groups in total. The van der Waals surface area contributed by atoms with Gasteiger partial charge >= 0.3 is 0 Å². The number of fused-ring (bicyclic) bond motifs is 1. The number of hydrogen-bond donors (Lipinski definition) is 1. The molecular formula is C15H29N3OSi. The highest BCUT2D eigenvalue weighted by Gasteiger charge is 2.23. The largest absolute Gasteiger partial charge is 0.415 e. The lowest BCUT2D eigenvalue weighted by molar-refractivity contribution is 0.277. The topological polar surface area (TPSA) is 53.1 Å². The summed E-state index contributed by atoms with van der Waals surface area (Å²) in [6.45, 7) is 8.52. The molecule has 0 aliphatic heterocycles. The molecule has 20 heavy (non-hydrogen) atoms. The first-order valence-electron chi connectivity index (χ1n) is 7.97. The Hall–Kier alpha value is -0.653. The van der Waals surface area contributed by atoms with Gasteiger partial charge in [-0.2, -0.15) is 5.10 Å². The molecule has 114 valence electrons. The van der Waals surface area contributed by atoms with E-state index in [1.54, 1.807) is 0 Å². The first-order valence-corrected chi connectivity index (χ1v) is 11.1. The Bertz CT molecular complexity index is 431. The van der Waals surface area contributed by atoms with Crippen LogP contribution in [-0.2, 0) is 17.4 Å². The molecule has 1 aliphatic carbocycles. The third-order valence-corrected chi connectivity index (χ3v) is 6.78. The van der Waals surface area contributed by atoms with Crippen LogP contribution in [0.2, 0.25) is 19.1 Å². The van der Waals surface area contributed by atoms with Gasteiger partial charge in [-0.1, -0.05) is 19.8 Å². The van der Waals surface area contributed by atoms with Gasteiger partial charge in [0.05, 0.1) is 19.3 Å². The average Bonchev–Trinajstić information content (AvgIpc) is 2.81. The number of unbranched alkanes of at least 4 members (excludes halogenated alkanes) is 1. The molecule has 0 amide bonds. The van der Waals surface area contributed by atoms with E-state index in [-0.39, 0.29) is 6.04 Å². The average molecular weight is 296 g/mol. The van der Waals surface area contributed by atoms with Crippen LogP contribution in [0, 0.1) is 0 Å². The van der Waals surface area contributed by atoms with Gasteiger partial charge in [-0.25, -0.2) is 0 Å². The Labute approximate surface area is 123 Å². The van der Waals surface area contributed by atoms with Gasteiger partial charge in [-0.05, 0) is 38.4 Å². The second-order valence-electron chi connectivity index (χ2n) is 6.48. The zero-order valence-electron chi connectivity index (χ0n) is 13.2. The molecule has 1 aromatic rings. The van der Waals surface area contributed by atoms with Crippen molar-refractivity contribution >= 4 is 8.32 Å². The molecule has 1 unspecified atom stereocenters. The van der Waals surface area contributed by atoms with Crippen molar-refractivity contribution < 1.29 is 4.43 Å². The van der Waals surface area contributed by atoms with E-state index in [0.29, 0.717) is 0 Å². The van der Waals surface area contributed by atoms with Crippen LogP contribution in [-0.4, -0.2) is 24.7 Å². The summed E-state index contributed by atoms with van der Waals surface area (Å²) in [5.74, 6) is 0. The summed E-state index contributed by atoms with van der Waals surface area (Å²) in [6.07, 6.45) is 7.87. The van der Waals surface area contributed by atoms with E-state index in [9.17, 15) is 0 Å². The molecule has 0 bridgehead atoms. The van der Waals surface area contributed by atoms with Crippen molar-refractivity contribution in [3.05, 3.63) is 17.5 Å². The molecule has 0 radical (unpaired) electrons. The number of nitrogens with two attached hydrogens (primary N) is 1. The Morgan fingerprint density at radius 2 is 2.30 bits per heavy atom. The molecule has 0 fully saturated rings. The monoisotopic (exact) mass is 295 g/mol. The predicted octanol–water partition coefficient (Wildman–Crippen LogP) is 3.24. The van der Waals surface area contributed by atoms with Crippen LogP contribution < -0.4 is 5.73 Å². The van der Waals surface area contributed by atoms with Gasteiger partial charge in [0, 0.05) is 17.3 Å². The predicted molar refractivity (Wildman–Crippen MR) is 85.2 cm³/mol. The summed E-state index contributed by atoms with van der Waals surface area (Å²) >= 11 is 0. The molecule has 1 atom stereocenters. The maximum atomic E-state index is 6.17. The van der Waals surface area contributed by atoms with E-state index < -0.39 is 8.32 Å². The summed E-state index contributed by atoms with van der Waals surface area (Å²) in [6, 6.07) is 1.44. The lowest BCUT2D eigenvalue weighted by Gasteiger charge is -2.23. The molecule has 4 nitrogen and oxygen atoms in total. The minimum Gasteiger partial charge on any atom is -0.415 e. The minimum atomic E-state index is -1.47. The highest BCUT2D eigenvalue weighted by atomic mass is 28.4. The molecule has 1 aliphatic rings. The summed E-state index contributed by atoms with van der Waals surface area (Å²) in [5.41, 5.74) is 8.72. The maximum Gasteiger partial charge on any atom is 0.186 e. The Morgan fingerprint density at radius 1 is 1.50 bits per heavy atom. The van der Waals surface area contributed by atoms with Crippen LogP contribution in [0.15, 0.2) is 6.20 Å². The minimum absolute atomic E-state index is 0.184. The van der Waals surface area contributed by atoms with Crippen LogP contribution >= 0.6 is 0 Å². The lowest BCUT2D eigenvalue weighted by Crippen LogP contribution is -2.32. The van der Waals surface area contributed by atoms with Crippen molar-refractivity contribution in [2.24, 2.45) is 5.73 Å². The van der Waals surface area contributed by atoms with Gasteiger partial charge in [0.1, 0.15) is 0 Å². The smallest absolute Gasteiger partial charge is 0.186 e. The fourth-order valence-corrected chi connectivity index (χ4v) is 4.92. The Kier molecular flexibility index (Phi) is 5.40. The van der Waals surface area contributed by atoms with E-state index >= 15 is 0 Å². The van der Waals surface area contributed by atoms with Crippen molar-refractivity contribution in [1.82, 2.24) is 9.78 Å². The van der Waals surface area contributed by atoms with Crippen LogP contribution in [0.1, 0.15) is 49.9 Å². The van der Waals surface area contributed by atoms with Crippen molar-refractivity contribution in [2.45, 2.75) is 70.8 Å². The zero-order chi connectivity index (χ0) is 14.6. The maximum absolute atomic E-state index is 6.17. The quantitative estimate of drug-likeness (QED) is 0.786. The molecule has 1 aromatic heterocycles. The van der Waals surface area contributed by atoms with E-state index in [4.69, 9.17) is 10.2 Å². The van der Waals surface area contributed by atoms with Crippen molar-refractivity contribution in [3.8, 4) is 0 Å². The second-order valence-corrected chi connectivity index (χ2v) is 10.8. The van der Waals surface area contributed by atoms with Crippen molar-refractivity contribution in [3.63, 3.8) is 0 Å². The molecule has 0 saturated carbocycles. The molecule has 1 heterocycles. The molecule has 5 heteroatoms.